The molecule has 134 valence electrons. The Bertz CT molecular complexity index is 732. The highest BCUT2D eigenvalue weighted by molar-refractivity contribution is 5.89. The fourth-order valence-corrected chi connectivity index (χ4v) is 3.69. The average Bonchev–Trinajstić information content (AvgIpc) is 3.21. The number of anilines is 1. The maximum atomic E-state index is 12.2. The Hall–Kier alpha value is -2.84. The van der Waals surface area contributed by atoms with Gasteiger partial charge in [0.1, 0.15) is 0 Å². The minimum absolute atomic E-state index is 0.121. The standard InChI is InChI=1S/C15H17N3O2.C6H6/c16-7-10-2-1-3-13(4-10)17-15(20)18-8-11-5-14(19)6-12(11)9-18;1-2-4-6-5-3-1/h1-4,11-12,14,19H,5-6,8-9H2,(H,17,20);1-6H/t11-,12+,14?;. The number of rotatable bonds is 1. The third-order valence-corrected chi connectivity index (χ3v) is 4.92. The molecule has 1 heterocycles. The second-order valence-electron chi connectivity index (χ2n) is 6.83. The van der Waals surface area contributed by atoms with Crippen LogP contribution in [0.15, 0.2) is 60.7 Å². The summed E-state index contributed by atoms with van der Waals surface area (Å²) >= 11 is 0. The number of amides is 2. The van der Waals surface area contributed by atoms with E-state index in [1.54, 1.807) is 29.2 Å². The molecule has 5 nitrogen and oxygen atoms in total. The number of likely N-dealkylation sites (tertiary alicyclic amines) is 1. The number of benzene rings is 2. The molecule has 1 saturated heterocycles. The van der Waals surface area contributed by atoms with Crippen LogP contribution in [-0.4, -0.2) is 35.2 Å². The molecule has 2 aromatic carbocycles. The molecule has 26 heavy (non-hydrogen) atoms. The van der Waals surface area contributed by atoms with Crippen LogP contribution in [0.25, 0.3) is 0 Å². The number of aliphatic hydroxyl groups is 1. The molecule has 1 unspecified atom stereocenters. The second kappa shape index (κ2) is 8.50. The Labute approximate surface area is 153 Å². The van der Waals surface area contributed by atoms with Crippen molar-refractivity contribution in [2.24, 2.45) is 11.8 Å². The largest absolute Gasteiger partial charge is 0.393 e. The van der Waals surface area contributed by atoms with Crippen molar-refractivity contribution in [2.75, 3.05) is 18.4 Å². The SMILES string of the molecule is N#Cc1cccc(NC(=O)N2C[C@H]3CC(O)C[C@H]3C2)c1.c1ccccc1. The highest BCUT2D eigenvalue weighted by Crippen LogP contribution is 2.38. The zero-order valence-electron chi connectivity index (χ0n) is 14.6. The number of nitriles is 1. The predicted molar refractivity (Wildman–Crippen MR) is 100 cm³/mol. The number of carbonyl (C=O) groups is 1. The van der Waals surface area contributed by atoms with Crippen LogP contribution < -0.4 is 5.32 Å². The zero-order valence-corrected chi connectivity index (χ0v) is 14.6. The van der Waals surface area contributed by atoms with E-state index in [9.17, 15) is 9.90 Å². The van der Waals surface area contributed by atoms with Gasteiger partial charge in [-0.1, -0.05) is 42.5 Å². The molecular weight excluding hydrogens is 326 g/mol. The van der Waals surface area contributed by atoms with Crippen molar-refractivity contribution in [3.63, 3.8) is 0 Å². The van der Waals surface area contributed by atoms with Gasteiger partial charge in [0, 0.05) is 18.8 Å². The van der Waals surface area contributed by atoms with E-state index in [1.807, 2.05) is 36.4 Å². The van der Waals surface area contributed by atoms with Gasteiger partial charge in [-0.3, -0.25) is 0 Å². The van der Waals surface area contributed by atoms with Crippen molar-refractivity contribution < 1.29 is 9.90 Å². The van der Waals surface area contributed by atoms with Gasteiger partial charge in [0.25, 0.3) is 0 Å². The van der Waals surface area contributed by atoms with Gasteiger partial charge < -0.3 is 15.3 Å². The maximum absolute atomic E-state index is 12.2. The molecule has 2 fully saturated rings. The molecule has 5 heteroatoms. The van der Waals surface area contributed by atoms with Crippen LogP contribution in [0, 0.1) is 23.2 Å². The van der Waals surface area contributed by atoms with Crippen molar-refractivity contribution in [3.8, 4) is 6.07 Å². The minimum Gasteiger partial charge on any atom is -0.393 e. The summed E-state index contributed by atoms with van der Waals surface area (Å²) in [6.07, 6.45) is 1.42. The summed E-state index contributed by atoms with van der Waals surface area (Å²) in [5.74, 6) is 0.863. The molecule has 4 rings (SSSR count). The van der Waals surface area contributed by atoms with Crippen LogP contribution in [0.3, 0.4) is 0 Å². The molecule has 1 aliphatic heterocycles. The molecule has 1 aliphatic carbocycles. The molecule has 0 spiro atoms. The Morgan fingerprint density at radius 2 is 1.62 bits per heavy atom. The summed E-state index contributed by atoms with van der Waals surface area (Å²) in [5.41, 5.74) is 1.18. The van der Waals surface area contributed by atoms with Crippen LogP contribution in [0.1, 0.15) is 18.4 Å². The normalized spacial score (nSPS) is 23.4. The quantitative estimate of drug-likeness (QED) is 0.827. The molecule has 2 aromatic rings. The van der Waals surface area contributed by atoms with Crippen LogP contribution in [-0.2, 0) is 0 Å². The van der Waals surface area contributed by atoms with Crippen molar-refractivity contribution in [1.29, 1.82) is 5.26 Å². The van der Waals surface area contributed by atoms with E-state index in [0.717, 1.165) is 12.8 Å². The van der Waals surface area contributed by atoms with Crippen LogP contribution in [0.4, 0.5) is 10.5 Å². The van der Waals surface area contributed by atoms with E-state index in [1.165, 1.54) is 0 Å². The lowest BCUT2D eigenvalue weighted by Gasteiger charge is -2.18. The van der Waals surface area contributed by atoms with Crippen LogP contribution in [0.5, 0.6) is 0 Å². The lowest BCUT2D eigenvalue weighted by molar-refractivity contribution is 0.163. The number of carbonyl (C=O) groups excluding carboxylic acids is 1. The molecule has 2 N–H and O–H groups in total. The van der Waals surface area contributed by atoms with Gasteiger partial charge in [0.05, 0.1) is 17.7 Å². The highest BCUT2D eigenvalue weighted by Gasteiger charge is 2.41. The third kappa shape index (κ3) is 4.62. The topological polar surface area (TPSA) is 76.4 Å². The maximum Gasteiger partial charge on any atom is 0.321 e. The van der Waals surface area contributed by atoms with Gasteiger partial charge >= 0.3 is 6.03 Å². The number of urea groups is 1. The number of hydrogen-bond acceptors (Lipinski definition) is 3. The van der Waals surface area contributed by atoms with Crippen LogP contribution >= 0.6 is 0 Å². The summed E-state index contributed by atoms with van der Waals surface area (Å²) in [7, 11) is 0. The Morgan fingerprint density at radius 3 is 2.15 bits per heavy atom. The smallest absolute Gasteiger partial charge is 0.321 e. The molecular formula is C21H23N3O2. The van der Waals surface area contributed by atoms with Gasteiger partial charge in [-0.15, -0.1) is 0 Å². The molecule has 0 aromatic heterocycles. The fourth-order valence-electron chi connectivity index (χ4n) is 3.69. The lowest BCUT2D eigenvalue weighted by atomic mass is 10.0. The Balaban J connectivity index is 0.000000278. The Morgan fingerprint density at radius 1 is 1.04 bits per heavy atom. The van der Waals surface area contributed by atoms with Gasteiger partial charge in [0.2, 0.25) is 0 Å². The number of nitrogens with zero attached hydrogens (tertiary/aromatic N) is 2. The molecule has 2 amide bonds. The van der Waals surface area contributed by atoms with Crippen LogP contribution in [0.2, 0.25) is 0 Å². The zero-order chi connectivity index (χ0) is 18.4. The summed E-state index contributed by atoms with van der Waals surface area (Å²) < 4.78 is 0. The Kier molecular flexibility index (Phi) is 5.88. The molecule has 0 radical (unpaired) electrons. The molecule has 0 bridgehead atoms. The van der Waals surface area contributed by atoms with E-state index in [0.29, 0.717) is 36.2 Å². The number of aliphatic hydroxyl groups excluding tert-OH is 1. The highest BCUT2D eigenvalue weighted by atomic mass is 16.3. The number of hydrogen-bond donors (Lipinski definition) is 2. The first-order valence-electron chi connectivity index (χ1n) is 8.90. The molecule has 3 atom stereocenters. The second-order valence-corrected chi connectivity index (χ2v) is 6.83. The van der Waals surface area contributed by atoms with Crippen molar-refractivity contribution in [3.05, 3.63) is 66.2 Å². The van der Waals surface area contributed by atoms with Gasteiger partial charge in [-0.2, -0.15) is 5.26 Å². The van der Waals surface area contributed by atoms with Gasteiger partial charge in [0.15, 0.2) is 0 Å². The lowest BCUT2D eigenvalue weighted by Crippen LogP contribution is -2.34. The van der Waals surface area contributed by atoms with Crippen molar-refractivity contribution in [2.45, 2.75) is 18.9 Å². The predicted octanol–water partition coefficient (Wildman–Crippen LogP) is 3.48. The first-order valence-corrected chi connectivity index (χ1v) is 8.90. The summed E-state index contributed by atoms with van der Waals surface area (Å²) in [6.45, 7) is 1.43. The van der Waals surface area contributed by atoms with E-state index >= 15 is 0 Å². The van der Waals surface area contributed by atoms with E-state index in [-0.39, 0.29) is 12.1 Å². The van der Waals surface area contributed by atoms with E-state index in [4.69, 9.17) is 5.26 Å². The molecule has 1 saturated carbocycles. The average molecular weight is 349 g/mol. The summed E-state index contributed by atoms with van der Waals surface area (Å²) in [4.78, 5) is 14.0. The fraction of sp³-hybridized carbons (Fsp3) is 0.333. The molecule has 2 aliphatic rings. The first kappa shape index (κ1) is 18.0. The third-order valence-electron chi connectivity index (χ3n) is 4.92. The minimum atomic E-state index is -0.192. The van der Waals surface area contributed by atoms with E-state index in [2.05, 4.69) is 11.4 Å². The van der Waals surface area contributed by atoms with Gasteiger partial charge in [-0.25, -0.2) is 4.79 Å². The van der Waals surface area contributed by atoms with E-state index < -0.39 is 0 Å². The summed E-state index contributed by atoms with van der Waals surface area (Å²) in [6, 6.07) is 20.8. The van der Waals surface area contributed by atoms with Crippen molar-refractivity contribution >= 4 is 11.7 Å². The number of fused-ring (bicyclic) bond motifs is 1. The van der Waals surface area contributed by atoms with Crippen molar-refractivity contribution in [1.82, 2.24) is 4.90 Å². The summed E-state index contributed by atoms with van der Waals surface area (Å²) in [5, 5.41) is 21.3. The number of nitrogens with one attached hydrogen (secondary N) is 1. The monoisotopic (exact) mass is 349 g/mol. The first-order chi connectivity index (χ1) is 12.7. The van der Waals surface area contributed by atoms with Gasteiger partial charge in [-0.05, 0) is 42.9 Å².